The highest BCUT2D eigenvalue weighted by Crippen LogP contribution is 2.41. The zero-order valence-corrected chi connectivity index (χ0v) is 18.6. The lowest BCUT2D eigenvalue weighted by atomic mass is 9.68. The third kappa shape index (κ3) is 6.44. The lowest BCUT2D eigenvalue weighted by Crippen LogP contribution is -2.47. The molecule has 4 aliphatic heterocycles. The molecule has 34 heavy (non-hydrogen) atoms. The van der Waals surface area contributed by atoms with Crippen LogP contribution < -0.4 is 0 Å². The summed E-state index contributed by atoms with van der Waals surface area (Å²) in [6, 6.07) is 0. The summed E-state index contributed by atoms with van der Waals surface area (Å²) in [5.74, 6) is -6.45. The lowest BCUT2D eigenvalue weighted by Gasteiger charge is -2.36. The van der Waals surface area contributed by atoms with Gasteiger partial charge in [0.25, 0.3) is 0 Å². The van der Waals surface area contributed by atoms with Crippen LogP contribution in [0.25, 0.3) is 0 Å². The van der Waals surface area contributed by atoms with Gasteiger partial charge in [0.05, 0.1) is 50.1 Å². The van der Waals surface area contributed by atoms with E-state index >= 15 is 0 Å². The lowest BCUT2D eigenvalue weighted by molar-refractivity contribution is -0.176. The predicted molar refractivity (Wildman–Crippen MR) is 106 cm³/mol. The van der Waals surface area contributed by atoms with Gasteiger partial charge in [-0.1, -0.05) is 0 Å². The summed E-state index contributed by atoms with van der Waals surface area (Å²) < 4.78 is 41.7. The normalized spacial score (nSPS) is 37.2. The van der Waals surface area contributed by atoms with Crippen LogP contribution in [0.2, 0.25) is 0 Å². The van der Waals surface area contributed by atoms with E-state index in [9.17, 15) is 19.2 Å². The van der Waals surface area contributed by atoms with Gasteiger partial charge in [0.15, 0.2) is 0 Å². The first-order valence-corrected chi connectivity index (χ1v) is 11.6. The average molecular weight is 484 g/mol. The molecule has 8 atom stereocenters. The van der Waals surface area contributed by atoms with E-state index in [1.54, 1.807) is 0 Å². The summed E-state index contributed by atoms with van der Waals surface area (Å²) in [5.41, 5.74) is 0. The van der Waals surface area contributed by atoms with Gasteiger partial charge < -0.3 is 37.9 Å². The first-order chi connectivity index (χ1) is 16.5. The van der Waals surface area contributed by atoms with Gasteiger partial charge in [-0.2, -0.15) is 0 Å². The molecule has 4 saturated heterocycles. The standard InChI is InChI=1S/C22H28O12/c23-19(31-7-11-3-27-11)15-1-16(20(24)32-8-12-4-28-12)18(22(26)34-10-14-6-30-14)2-17(15)21(25)33-9-13-5-29-13/h11-18H,1-10H2. The fourth-order valence-corrected chi connectivity index (χ4v) is 4.03. The van der Waals surface area contributed by atoms with E-state index in [1.165, 1.54) is 0 Å². The van der Waals surface area contributed by atoms with E-state index in [-0.39, 0.29) is 63.7 Å². The highest BCUT2D eigenvalue weighted by atomic mass is 16.6. The first-order valence-electron chi connectivity index (χ1n) is 11.6. The molecule has 12 heteroatoms. The van der Waals surface area contributed by atoms with Gasteiger partial charge in [0, 0.05) is 0 Å². The molecule has 1 aliphatic carbocycles. The molecule has 12 nitrogen and oxygen atoms in total. The van der Waals surface area contributed by atoms with Crippen LogP contribution in [0.4, 0.5) is 0 Å². The van der Waals surface area contributed by atoms with Crippen molar-refractivity contribution in [2.24, 2.45) is 23.7 Å². The molecule has 5 fully saturated rings. The van der Waals surface area contributed by atoms with Crippen molar-refractivity contribution in [1.29, 1.82) is 0 Å². The Balaban J connectivity index is 1.30. The minimum absolute atomic E-state index is 0.0635. The Morgan fingerprint density at radius 1 is 0.471 bits per heavy atom. The van der Waals surface area contributed by atoms with Crippen LogP contribution in [0, 0.1) is 23.7 Å². The van der Waals surface area contributed by atoms with Crippen LogP contribution >= 0.6 is 0 Å². The van der Waals surface area contributed by atoms with E-state index in [4.69, 9.17) is 37.9 Å². The van der Waals surface area contributed by atoms with Crippen molar-refractivity contribution in [3.05, 3.63) is 0 Å². The van der Waals surface area contributed by atoms with E-state index in [0.29, 0.717) is 26.4 Å². The number of esters is 4. The molecule has 0 amide bonds. The Hall–Kier alpha value is -2.28. The van der Waals surface area contributed by atoms with Crippen LogP contribution in [-0.2, 0) is 57.1 Å². The van der Waals surface area contributed by atoms with Crippen molar-refractivity contribution in [1.82, 2.24) is 0 Å². The summed E-state index contributed by atoms with van der Waals surface area (Å²) in [7, 11) is 0. The number of ether oxygens (including phenoxy) is 8. The third-order valence-corrected chi connectivity index (χ3v) is 6.45. The second-order valence-corrected chi connectivity index (χ2v) is 9.24. The molecule has 0 N–H and O–H groups in total. The van der Waals surface area contributed by atoms with Crippen molar-refractivity contribution in [2.75, 3.05) is 52.9 Å². The topological polar surface area (TPSA) is 155 Å². The second-order valence-electron chi connectivity index (χ2n) is 9.24. The Labute approximate surface area is 195 Å². The molecule has 0 bridgehead atoms. The van der Waals surface area contributed by atoms with Gasteiger partial charge in [-0.25, -0.2) is 0 Å². The predicted octanol–water partition coefficient (Wildman–Crippen LogP) is -0.987. The van der Waals surface area contributed by atoms with Gasteiger partial charge in [-0.15, -0.1) is 0 Å². The van der Waals surface area contributed by atoms with Crippen molar-refractivity contribution in [2.45, 2.75) is 37.3 Å². The van der Waals surface area contributed by atoms with Crippen LogP contribution in [-0.4, -0.2) is 101 Å². The minimum atomic E-state index is -0.975. The van der Waals surface area contributed by atoms with E-state index in [1.807, 2.05) is 0 Å². The van der Waals surface area contributed by atoms with Gasteiger partial charge in [-0.3, -0.25) is 19.2 Å². The van der Waals surface area contributed by atoms with Crippen molar-refractivity contribution < 1.29 is 57.1 Å². The maximum absolute atomic E-state index is 12.9. The van der Waals surface area contributed by atoms with Crippen molar-refractivity contribution in [3.8, 4) is 0 Å². The number of hydrogen-bond donors (Lipinski definition) is 0. The zero-order chi connectivity index (χ0) is 23.7. The van der Waals surface area contributed by atoms with Gasteiger partial charge in [0.2, 0.25) is 0 Å². The molecule has 5 rings (SSSR count). The first kappa shape index (κ1) is 23.5. The molecule has 0 aromatic heterocycles. The number of rotatable bonds is 12. The zero-order valence-electron chi connectivity index (χ0n) is 18.6. The summed E-state index contributed by atoms with van der Waals surface area (Å²) in [5, 5.41) is 0. The molecule has 0 aromatic carbocycles. The molecule has 1 saturated carbocycles. The number of epoxide rings is 4. The molecule has 0 spiro atoms. The molecule has 0 radical (unpaired) electrons. The summed E-state index contributed by atoms with van der Waals surface area (Å²) >= 11 is 0. The highest BCUT2D eigenvalue weighted by molar-refractivity contribution is 5.87. The number of hydrogen-bond acceptors (Lipinski definition) is 12. The summed E-state index contributed by atoms with van der Waals surface area (Å²) in [6.45, 7) is 2.26. The van der Waals surface area contributed by atoms with Crippen LogP contribution in [0.3, 0.4) is 0 Å². The SMILES string of the molecule is O=C(OCC1CO1)C1CC(C(=O)OCC2CO2)C(C(=O)OCC2CO2)CC1C(=O)OCC1CO1. The fraction of sp³-hybridized carbons (Fsp3) is 0.818. The molecule has 5 aliphatic rings. The van der Waals surface area contributed by atoms with Gasteiger partial charge in [0.1, 0.15) is 50.8 Å². The van der Waals surface area contributed by atoms with Crippen LogP contribution in [0.1, 0.15) is 12.8 Å². The second kappa shape index (κ2) is 10.1. The van der Waals surface area contributed by atoms with Crippen molar-refractivity contribution >= 4 is 23.9 Å². The maximum Gasteiger partial charge on any atom is 0.309 e. The Morgan fingerprint density at radius 3 is 0.853 bits per heavy atom. The quantitative estimate of drug-likeness (QED) is 0.190. The van der Waals surface area contributed by atoms with Gasteiger partial charge >= 0.3 is 23.9 Å². The molecular formula is C22H28O12. The smallest absolute Gasteiger partial charge is 0.309 e. The molecule has 4 heterocycles. The van der Waals surface area contributed by atoms with E-state index < -0.39 is 47.5 Å². The van der Waals surface area contributed by atoms with Crippen LogP contribution in [0.5, 0.6) is 0 Å². The maximum atomic E-state index is 12.9. The Kier molecular flexibility index (Phi) is 7.00. The Bertz CT molecular complexity index is 668. The largest absolute Gasteiger partial charge is 0.463 e. The minimum Gasteiger partial charge on any atom is -0.463 e. The number of carbonyl (C=O) groups is 4. The summed E-state index contributed by atoms with van der Waals surface area (Å²) in [6.07, 6.45) is -0.830. The monoisotopic (exact) mass is 484 g/mol. The molecular weight excluding hydrogens is 456 g/mol. The highest BCUT2D eigenvalue weighted by Gasteiger charge is 2.52. The molecule has 8 unspecified atom stereocenters. The van der Waals surface area contributed by atoms with Crippen molar-refractivity contribution in [3.63, 3.8) is 0 Å². The van der Waals surface area contributed by atoms with E-state index in [0.717, 1.165) is 0 Å². The van der Waals surface area contributed by atoms with E-state index in [2.05, 4.69) is 0 Å². The van der Waals surface area contributed by atoms with Crippen LogP contribution in [0.15, 0.2) is 0 Å². The molecule has 0 aromatic rings. The molecule has 188 valence electrons. The summed E-state index contributed by atoms with van der Waals surface area (Å²) in [4.78, 5) is 51.7. The number of carbonyl (C=O) groups excluding carboxylic acids is 4. The Morgan fingerprint density at radius 2 is 0.676 bits per heavy atom. The fourth-order valence-electron chi connectivity index (χ4n) is 4.03. The average Bonchev–Trinajstić information content (AvgIpc) is 3.65. The van der Waals surface area contributed by atoms with Gasteiger partial charge in [-0.05, 0) is 12.8 Å². The third-order valence-electron chi connectivity index (χ3n) is 6.45.